The molecule has 6 heteroatoms. The first-order valence-electron chi connectivity index (χ1n) is 7.76. The Balaban J connectivity index is 1.80. The van der Waals surface area contributed by atoms with Crippen molar-refractivity contribution in [3.63, 3.8) is 0 Å². The largest absolute Gasteiger partial charge is 0.364 e. The predicted octanol–water partition coefficient (Wildman–Crippen LogP) is 3.23. The van der Waals surface area contributed by atoms with Crippen LogP contribution in [0.3, 0.4) is 0 Å². The average molecular weight is 341 g/mol. The van der Waals surface area contributed by atoms with Gasteiger partial charge < -0.3 is 15.6 Å². The molecule has 2 heterocycles. The van der Waals surface area contributed by atoms with Crippen molar-refractivity contribution in [1.29, 1.82) is 0 Å². The van der Waals surface area contributed by atoms with E-state index in [2.05, 4.69) is 4.98 Å². The number of likely N-dealkylation sites (N-methyl/N-ethyl adjacent to an activating group) is 1. The summed E-state index contributed by atoms with van der Waals surface area (Å²) in [6, 6.07) is 11.6. The van der Waals surface area contributed by atoms with Gasteiger partial charge in [-0.3, -0.25) is 9.59 Å². The Bertz CT molecular complexity index is 879. The number of nitrogens with one attached hydrogen (secondary N) is 1. The number of hydrogen-bond acceptors (Lipinski definition) is 3. The van der Waals surface area contributed by atoms with E-state index in [9.17, 15) is 9.59 Å². The Morgan fingerprint density at radius 2 is 2.04 bits per heavy atom. The molecule has 124 valence electrons. The van der Waals surface area contributed by atoms with Crippen molar-refractivity contribution < 1.29 is 9.59 Å². The van der Waals surface area contributed by atoms with Crippen LogP contribution in [-0.2, 0) is 11.2 Å². The van der Waals surface area contributed by atoms with E-state index in [1.165, 1.54) is 11.3 Å². The van der Waals surface area contributed by atoms with Gasteiger partial charge in [-0.05, 0) is 43.7 Å². The molecular formula is C18H19N3O2S. The third kappa shape index (κ3) is 3.19. The molecular weight excluding hydrogens is 322 g/mol. The van der Waals surface area contributed by atoms with E-state index < -0.39 is 5.91 Å². The number of aromatic amines is 1. The molecule has 2 aromatic heterocycles. The van der Waals surface area contributed by atoms with Crippen molar-refractivity contribution in [1.82, 2.24) is 4.98 Å². The van der Waals surface area contributed by atoms with Crippen LogP contribution in [0.2, 0.25) is 0 Å². The Morgan fingerprint density at radius 1 is 1.25 bits per heavy atom. The predicted molar refractivity (Wildman–Crippen MR) is 97.6 cm³/mol. The van der Waals surface area contributed by atoms with Crippen LogP contribution in [0.5, 0.6) is 0 Å². The molecule has 0 saturated heterocycles. The number of rotatable bonds is 5. The fourth-order valence-electron chi connectivity index (χ4n) is 2.74. The molecule has 3 N–H and O–H groups in total. The Labute approximate surface area is 144 Å². The number of amides is 2. The highest BCUT2D eigenvalue weighted by molar-refractivity contribution is 7.19. The maximum Gasteiger partial charge on any atom is 0.265 e. The van der Waals surface area contributed by atoms with Gasteiger partial charge in [-0.1, -0.05) is 12.1 Å². The molecule has 0 saturated carbocycles. The zero-order valence-electron chi connectivity index (χ0n) is 13.6. The number of anilines is 1. The highest BCUT2D eigenvalue weighted by atomic mass is 32.1. The van der Waals surface area contributed by atoms with Gasteiger partial charge in [0.05, 0.1) is 16.6 Å². The van der Waals surface area contributed by atoms with Gasteiger partial charge >= 0.3 is 0 Å². The second-order valence-corrected chi connectivity index (χ2v) is 6.86. The van der Waals surface area contributed by atoms with E-state index in [4.69, 9.17) is 5.73 Å². The number of benzene rings is 1. The number of fused-ring (bicyclic) bond motifs is 1. The normalized spacial score (nSPS) is 10.9. The lowest BCUT2D eigenvalue weighted by Gasteiger charge is -2.21. The number of primary amides is 1. The fraction of sp³-hybridized carbons (Fsp3) is 0.222. The number of hydrogen-bond donors (Lipinski definition) is 2. The van der Waals surface area contributed by atoms with Crippen molar-refractivity contribution in [2.75, 3.05) is 11.4 Å². The second kappa shape index (κ2) is 6.49. The molecule has 5 nitrogen and oxygen atoms in total. The van der Waals surface area contributed by atoms with Crippen LogP contribution in [0.1, 0.15) is 27.9 Å². The molecule has 0 aliphatic heterocycles. The summed E-state index contributed by atoms with van der Waals surface area (Å²) in [6.07, 6.45) is 0.334. The SMILES string of the molecule is CCN(C(=O)Cc1cc2[nH]c(C(N)=O)cc2s1)c1cccc(C)c1. The molecule has 2 amide bonds. The monoisotopic (exact) mass is 341 g/mol. The Kier molecular flexibility index (Phi) is 4.40. The summed E-state index contributed by atoms with van der Waals surface area (Å²) < 4.78 is 0.935. The molecule has 3 aromatic rings. The number of nitrogens with two attached hydrogens (primary N) is 1. The molecule has 0 radical (unpaired) electrons. The highest BCUT2D eigenvalue weighted by Gasteiger charge is 2.17. The van der Waals surface area contributed by atoms with E-state index in [1.54, 1.807) is 11.0 Å². The van der Waals surface area contributed by atoms with E-state index in [0.717, 1.165) is 26.3 Å². The number of aromatic nitrogens is 1. The zero-order valence-corrected chi connectivity index (χ0v) is 14.4. The topological polar surface area (TPSA) is 79.2 Å². The third-order valence-electron chi connectivity index (χ3n) is 3.88. The Hall–Kier alpha value is -2.60. The lowest BCUT2D eigenvalue weighted by atomic mass is 10.2. The van der Waals surface area contributed by atoms with Crippen molar-refractivity contribution in [3.8, 4) is 0 Å². The average Bonchev–Trinajstić information content (AvgIpc) is 3.06. The lowest BCUT2D eigenvalue weighted by molar-refractivity contribution is -0.117. The van der Waals surface area contributed by atoms with Gasteiger partial charge in [0.1, 0.15) is 5.69 Å². The first-order chi connectivity index (χ1) is 11.5. The van der Waals surface area contributed by atoms with Crippen molar-refractivity contribution in [3.05, 3.63) is 52.5 Å². The van der Waals surface area contributed by atoms with Crippen molar-refractivity contribution >= 4 is 39.1 Å². The molecule has 3 rings (SSSR count). The summed E-state index contributed by atoms with van der Waals surface area (Å²) in [5.74, 6) is -0.422. The van der Waals surface area contributed by atoms with Crippen LogP contribution in [0, 0.1) is 6.92 Å². The summed E-state index contributed by atoms with van der Waals surface area (Å²) >= 11 is 1.50. The second-order valence-electron chi connectivity index (χ2n) is 5.69. The van der Waals surface area contributed by atoms with Gasteiger partial charge in [-0.15, -0.1) is 11.3 Å². The molecule has 1 aromatic carbocycles. The molecule has 24 heavy (non-hydrogen) atoms. The van der Waals surface area contributed by atoms with Crippen LogP contribution in [0.15, 0.2) is 36.4 Å². The third-order valence-corrected chi connectivity index (χ3v) is 4.96. The number of carbonyl (C=O) groups excluding carboxylic acids is 2. The number of carbonyl (C=O) groups is 2. The smallest absolute Gasteiger partial charge is 0.265 e. The van der Waals surface area contributed by atoms with Crippen LogP contribution in [-0.4, -0.2) is 23.3 Å². The Morgan fingerprint density at radius 3 is 2.67 bits per heavy atom. The van der Waals surface area contributed by atoms with E-state index >= 15 is 0 Å². The molecule has 0 aliphatic rings. The van der Waals surface area contributed by atoms with Crippen molar-refractivity contribution in [2.45, 2.75) is 20.3 Å². The standard InChI is InChI=1S/C18H19N3O2S/c1-3-21(12-6-4-5-11(2)7-12)17(22)9-13-8-14-16(24-13)10-15(20-14)18(19)23/h4-8,10,20H,3,9H2,1-2H3,(H2,19,23). The maximum absolute atomic E-state index is 12.7. The molecule has 0 fully saturated rings. The molecule has 0 bridgehead atoms. The van der Waals surface area contributed by atoms with Gasteiger partial charge in [0.2, 0.25) is 5.91 Å². The summed E-state index contributed by atoms with van der Waals surface area (Å²) in [6.45, 7) is 4.61. The number of H-pyrrole nitrogens is 1. The molecule has 0 aliphatic carbocycles. The van der Waals surface area contributed by atoms with E-state index in [1.807, 2.05) is 44.2 Å². The molecule has 0 atom stereocenters. The quantitative estimate of drug-likeness (QED) is 0.747. The highest BCUT2D eigenvalue weighted by Crippen LogP contribution is 2.27. The molecule has 0 spiro atoms. The van der Waals surface area contributed by atoms with Gasteiger partial charge in [-0.25, -0.2) is 0 Å². The van der Waals surface area contributed by atoms with Gasteiger partial charge in [0, 0.05) is 17.1 Å². The van der Waals surface area contributed by atoms with E-state index in [-0.39, 0.29) is 5.91 Å². The van der Waals surface area contributed by atoms with Crippen LogP contribution in [0.25, 0.3) is 10.2 Å². The summed E-state index contributed by atoms with van der Waals surface area (Å²) in [4.78, 5) is 29.6. The van der Waals surface area contributed by atoms with Gasteiger partial charge in [0.15, 0.2) is 0 Å². The first kappa shape index (κ1) is 16.3. The first-order valence-corrected chi connectivity index (χ1v) is 8.58. The number of thiophene rings is 1. The summed E-state index contributed by atoms with van der Waals surface area (Å²) in [5.41, 5.74) is 8.54. The lowest BCUT2D eigenvalue weighted by Crippen LogP contribution is -2.31. The summed E-state index contributed by atoms with van der Waals surface area (Å²) in [5, 5.41) is 0. The minimum Gasteiger partial charge on any atom is -0.364 e. The van der Waals surface area contributed by atoms with Crippen LogP contribution in [0.4, 0.5) is 5.69 Å². The fourth-order valence-corrected chi connectivity index (χ4v) is 3.79. The zero-order chi connectivity index (χ0) is 17.3. The minimum absolute atomic E-state index is 0.0575. The minimum atomic E-state index is -0.479. The van der Waals surface area contributed by atoms with Gasteiger partial charge in [0.25, 0.3) is 5.91 Å². The van der Waals surface area contributed by atoms with Crippen LogP contribution >= 0.6 is 11.3 Å². The van der Waals surface area contributed by atoms with E-state index in [0.29, 0.717) is 18.7 Å². The molecule has 0 unspecified atom stereocenters. The van der Waals surface area contributed by atoms with Crippen LogP contribution < -0.4 is 10.6 Å². The number of aryl methyl sites for hydroxylation is 1. The maximum atomic E-state index is 12.7. The van der Waals surface area contributed by atoms with Gasteiger partial charge in [-0.2, -0.15) is 0 Å². The number of nitrogens with zero attached hydrogens (tertiary/aromatic N) is 1. The van der Waals surface area contributed by atoms with Crippen molar-refractivity contribution in [2.24, 2.45) is 5.73 Å². The summed E-state index contributed by atoms with van der Waals surface area (Å²) in [7, 11) is 0.